The van der Waals surface area contributed by atoms with Crippen molar-refractivity contribution >= 4 is 0 Å². The Hall–Kier alpha value is -1.81. The lowest BCUT2D eigenvalue weighted by atomic mass is 9.88. The van der Waals surface area contributed by atoms with E-state index in [1.807, 2.05) is 36.3 Å². The molecule has 2 aromatic rings. The zero-order chi connectivity index (χ0) is 13.2. The molecule has 100 valence electrons. The second-order valence-electron chi connectivity index (χ2n) is 5.27. The number of nitrogens with two attached hydrogens (primary N) is 1. The van der Waals surface area contributed by atoms with Crippen molar-refractivity contribution < 1.29 is 4.74 Å². The van der Waals surface area contributed by atoms with Crippen molar-refractivity contribution in [3.05, 3.63) is 47.8 Å². The number of rotatable bonds is 3. The topological polar surface area (TPSA) is 53.1 Å². The number of para-hydroxylation sites is 1. The van der Waals surface area contributed by atoms with E-state index in [4.69, 9.17) is 10.5 Å². The van der Waals surface area contributed by atoms with E-state index in [0.29, 0.717) is 12.5 Å². The van der Waals surface area contributed by atoms with E-state index in [0.717, 1.165) is 18.6 Å². The van der Waals surface area contributed by atoms with E-state index >= 15 is 0 Å². The maximum atomic E-state index is 6.33. The molecule has 0 saturated carbocycles. The normalized spacial score (nSPS) is 19.6. The fraction of sp³-hybridized carbons (Fsp3) is 0.400. The highest BCUT2D eigenvalue weighted by Gasteiger charge is 2.25. The first-order valence-corrected chi connectivity index (χ1v) is 6.66. The first kappa shape index (κ1) is 12.2. The minimum absolute atomic E-state index is 0.109. The summed E-state index contributed by atoms with van der Waals surface area (Å²) in [5, 5.41) is 4.18. The average Bonchev–Trinajstić information content (AvgIpc) is 2.83. The van der Waals surface area contributed by atoms with Crippen LogP contribution in [0.4, 0.5) is 0 Å². The maximum absolute atomic E-state index is 6.33. The Balaban J connectivity index is 1.67. The lowest BCUT2D eigenvalue weighted by Gasteiger charge is -2.29. The molecule has 3 rings (SSSR count). The van der Waals surface area contributed by atoms with Gasteiger partial charge in [-0.3, -0.25) is 4.68 Å². The van der Waals surface area contributed by atoms with Crippen LogP contribution >= 0.6 is 0 Å². The number of fused-ring (bicyclic) bond motifs is 1. The molecular weight excluding hydrogens is 238 g/mol. The first-order valence-electron chi connectivity index (χ1n) is 6.66. The molecule has 2 N–H and O–H groups in total. The van der Waals surface area contributed by atoms with Gasteiger partial charge >= 0.3 is 0 Å². The summed E-state index contributed by atoms with van der Waals surface area (Å²) in [6.07, 6.45) is 5.76. The maximum Gasteiger partial charge on any atom is 0.122 e. The number of aromatic nitrogens is 2. The Labute approximate surface area is 113 Å². The standard InChI is InChI=1S/C15H19N3O/c1-18-9-11(8-17-18)6-14(16)13-7-12-4-2-3-5-15(12)19-10-13/h2-5,8-9,13-14H,6-7,10,16H2,1H3. The van der Waals surface area contributed by atoms with Crippen molar-refractivity contribution in [1.82, 2.24) is 9.78 Å². The number of nitrogens with zero attached hydrogens (tertiary/aromatic N) is 2. The SMILES string of the molecule is Cn1cc(CC(N)C2COc3ccccc3C2)cn1. The highest BCUT2D eigenvalue weighted by atomic mass is 16.5. The van der Waals surface area contributed by atoms with Crippen LogP contribution in [-0.2, 0) is 19.9 Å². The fourth-order valence-corrected chi connectivity index (χ4v) is 2.64. The van der Waals surface area contributed by atoms with Gasteiger partial charge in [-0.2, -0.15) is 5.10 Å². The number of ether oxygens (including phenoxy) is 1. The van der Waals surface area contributed by atoms with Gasteiger partial charge in [-0.1, -0.05) is 18.2 Å². The molecule has 1 aliphatic rings. The summed E-state index contributed by atoms with van der Waals surface area (Å²) in [7, 11) is 1.93. The van der Waals surface area contributed by atoms with Crippen LogP contribution in [0.1, 0.15) is 11.1 Å². The van der Waals surface area contributed by atoms with Gasteiger partial charge in [0.25, 0.3) is 0 Å². The predicted molar refractivity (Wildman–Crippen MR) is 74.0 cm³/mol. The van der Waals surface area contributed by atoms with Gasteiger partial charge in [-0.05, 0) is 30.0 Å². The minimum atomic E-state index is 0.109. The molecule has 0 saturated heterocycles. The van der Waals surface area contributed by atoms with Gasteiger partial charge in [-0.15, -0.1) is 0 Å². The number of hydrogen-bond donors (Lipinski definition) is 1. The highest BCUT2D eigenvalue weighted by molar-refractivity contribution is 5.35. The largest absolute Gasteiger partial charge is 0.493 e. The highest BCUT2D eigenvalue weighted by Crippen LogP contribution is 2.28. The van der Waals surface area contributed by atoms with E-state index in [-0.39, 0.29) is 6.04 Å². The molecule has 2 unspecified atom stereocenters. The van der Waals surface area contributed by atoms with E-state index in [1.165, 1.54) is 11.1 Å². The number of benzene rings is 1. The Bertz CT molecular complexity index is 564. The van der Waals surface area contributed by atoms with Gasteiger partial charge < -0.3 is 10.5 Å². The van der Waals surface area contributed by atoms with Gasteiger partial charge in [0.1, 0.15) is 5.75 Å². The molecule has 0 radical (unpaired) electrons. The number of hydrogen-bond acceptors (Lipinski definition) is 3. The van der Waals surface area contributed by atoms with Crippen LogP contribution < -0.4 is 10.5 Å². The van der Waals surface area contributed by atoms with Crippen LogP contribution in [0.3, 0.4) is 0 Å². The quantitative estimate of drug-likeness (QED) is 0.907. The molecule has 4 nitrogen and oxygen atoms in total. The molecule has 2 atom stereocenters. The lowest BCUT2D eigenvalue weighted by Crippen LogP contribution is -2.39. The van der Waals surface area contributed by atoms with Gasteiger partial charge in [0.15, 0.2) is 0 Å². The zero-order valence-electron chi connectivity index (χ0n) is 11.1. The Morgan fingerprint density at radius 2 is 2.32 bits per heavy atom. The Morgan fingerprint density at radius 1 is 1.47 bits per heavy atom. The molecule has 19 heavy (non-hydrogen) atoms. The van der Waals surface area contributed by atoms with Crippen molar-refractivity contribution in [2.24, 2.45) is 18.7 Å². The van der Waals surface area contributed by atoms with Gasteiger partial charge in [0.2, 0.25) is 0 Å². The molecule has 0 fully saturated rings. The second kappa shape index (κ2) is 5.05. The second-order valence-corrected chi connectivity index (χ2v) is 5.27. The van der Waals surface area contributed by atoms with Crippen molar-refractivity contribution in [2.75, 3.05) is 6.61 Å². The number of aryl methyl sites for hydroxylation is 1. The van der Waals surface area contributed by atoms with Crippen LogP contribution in [0.5, 0.6) is 5.75 Å². The monoisotopic (exact) mass is 257 g/mol. The van der Waals surface area contributed by atoms with Gasteiger partial charge in [0, 0.05) is 25.2 Å². The van der Waals surface area contributed by atoms with Gasteiger partial charge in [-0.25, -0.2) is 0 Å². The van der Waals surface area contributed by atoms with Crippen LogP contribution in [-0.4, -0.2) is 22.4 Å². The van der Waals surface area contributed by atoms with Crippen LogP contribution in [0.2, 0.25) is 0 Å². The molecule has 0 amide bonds. The molecule has 2 heterocycles. The molecule has 1 aliphatic heterocycles. The molecule has 1 aromatic heterocycles. The third kappa shape index (κ3) is 2.63. The predicted octanol–water partition coefficient (Wildman–Crippen LogP) is 1.54. The molecule has 0 spiro atoms. The van der Waals surface area contributed by atoms with Crippen molar-refractivity contribution in [2.45, 2.75) is 18.9 Å². The van der Waals surface area contributed by atoms with E-state index < -0.39 is 0 Å². The first-order chi connectivity index (χ1) is 9.22. The Morgan fingerprint density at radius 3 is 3.11 bits per heavy atom. The van der Waals surface area contributed by atoms with E-state index in [2.05, 4.69) is 17.2 Å². The fourth-order valence-electron chi connectivity index (χ4n) is 2.64. The summed E-state index contributed by atoms with van der Waals surface area (Å²) >= 11 is 0. The summed E-state index contributed by atoms with van der Waals surface area (Å²) in [5.74, 6) is 1.38. The van der Waals surface area contributed by atoms with Crippen molar-refractivity contribution in [1.29, 1.82) is 0 Å². The summed E-state index contributed by atoms with van der Waals surface area (Å²) in [5.41, 5.74) is 8.78. The molecule has 1 aromatic carbocycles. The zero-order valence-corrected chi connectivity index (χ0v) is 11.1. The minimum Gasteiger partial charge on any atom is -0.493 e. The lowest BCUT2D eigenvalue weighted by molar-refractivity contribution is 0.199. The van der Waals surface area contributed by atoms with Crippen LogP contribution in [0, 0.1) is 5.92 Å². The summed E-state index contributed by atoms with van der Waals surface area (Å²) < 4.78 is 7.61. The van der Waals surface area contributed by atoms with Crippen LogP contribution in [0.25, 0.3) is 0 Å². The molecular formula is C15H19N3O. The molecule has 0 bridgehead atoms. The summed E-state index contributed by atoms with van der Waals surface area (Å²) in [6, 6.07) is 8.32. The Kier molecular flexibility index (Phi) is 3.25. The van der Waals surface area contributed by atoms with Gasteiger partial charge in [0.05, 0.1) is 12.8 Å². The van der Waals surface area contributed by atoms with Crippen molar-refractivity contribution in [3.63, 3.8) is 0 Å². The summed E-state index contributed by atoms with van der Waals surface area (Å²) in [6.45, 7) is 0.707. The summed E-state index contributed by atoms with van der Waals surface area (Å²) in [4.78, 5) is 0. The third-order valence-corrected chi connectivity index (χ3v) is 3.74. The molecule has 0 aliphatic carbocycles. The van der Waals surface area contributed by atoms with Crippen molar-refractivity contribution in [3.8, 4) is 5.75 Å². The molecule has 4 heteroatoms. The average molecular weight is 257 g/mol. The smallest absolute Gasteiger partial charge is 0.122 e. The third-order valence-electron chi connectivity index (χ3n) is 3.74. The van der Waals surface area contributed by atoms with Crippen LogP contribution in [0.15, 0.2) is 36.7 Å². The van der Waals surface area contributed by atoms with E-state index in [9.17, 15) is 0 Å². The van der Waals surface area contributed by atoms with E-state index in [1.54, 1.807) is 0 Å².